The molecule has 0 unspecified atom stereocenters. The summed E-state index contributed by atoms with van der Waals surface area (Å²) >= 11 is 0. The highest BCUT2D eigenvalue weighted by molar-refractivity contribution is 5.87. The molecule has 4 rings (SSSR count). The molecule has 0 aliphatic carbocycles. The van der Waals surface area contributed by atoms with Crippen molar-refractivity contribution >= 4 is 11.0 Å². The van der Waals surface area contributed by atoms with E-state index in [2.05, 4.69) is 4.90 Å². The topological polar surface area (TPSA) is 62.9 Å². The summed E-state index contributed by atoms with van der Waals surface area (Å²) in [5, 5.41) is 10.5. The number of phenols is 1. The summed E-state index contributed by atoms with van der Waals surface area (Å²) in [7, 11) is 1.32. The van der Waals surface area contributed by atoms with Gasteiger partial charge in [-0.25, -0.2) is 0 Å². The Labute approximate surface area is 183 Å². The van der Waals surface area contributed by atoms with Crippen LogP contribution in [0.15, 0.2) is 45.6 Å². The maximum absolute atomic E-state index is 14.1. The molecule has 0 saturated carbocycles. The monoisotopic (exact) mass is 447 g/mol. The van der Waals surface area contributed by atoms with Crippen molar-refractivity contribution in [2.24, 2.45) is 0 Å². The Kier molecular flexibility index (Phi) is 5.90. The zero-order valence-corrected chi connectivity index (χ0v) is 17.8. The minimum Gasteiger partial charge on any atom is -0.507 e. The predicted molar refractivity (Wildman–Crippen MR) is 115 cm³/mol. The first-order valence-corrected chi connectivity index (χ1v) is 10.5. The Balaban J connectivity index is 1.99. The average Bonchev–Trinajstić information content (AvgIpc) is 2.76. The third kappa shape index (κ3) is 3.95. The summed E-state index contributed by atoms with van der Waals surface area (Å²) in [6.45, 7) is 2.99. The third-order valence-electron chi connectivity index (χ3n) is 6.07. The van der Waals surface area contributed by atoms with Crippen molar-refractivity contribution in [3.05, 3.63) is 57.9 Å². The van der Waals surface area contributed by atoms with Gasteiger partial charge in [0.25, 0.3) is 0 Å². The molecule has 8 heteroatoms. The van der Waals surface area contributed by atoms with Gasteiger partial charge in [0.2, 0.25) is 11.2 Å². The van der Waals surface area contributed by atoms with E-state index >= 15 is 0 Å². The number of nitrogens with zero attached hydrogens (tertiary/aromatic N) is 1. The highest BCUT2D eigenvalue weighted by Gasteiger charge is 2.40. The van der Waals surface area contributed by atoms with Gasteiger partial charge >= 0.3 is 6.18 Å². The van der Waals surface area contributed by atoms with E-state index in [1.807, 2.05) is 6.92 Å². The molecule has 0 spiro atoms. The summed E-state index contributed by atoms with van der Waals surface area (Å²) in [5.74, 6) is -1.47. The number of halogens is 3. The molecule has 0 radical (unpaired) electrons. The fourth-order valence-electron chi connectivity index (χ4n) is 4.35. The molecule has 0 amide bonds. The first kappa shape index (κ1) is 22.2. The highest BCUT2D eigenvalue weighted by atomic mass is 19.4. The summed E-state index contributed by atoms with van der Waals surface area (Å²) in [5.41, 5.74) is -1.48. The molecule has 1 aliphatic heterocycles. The van der Waals surface area contributed by atoms with Crippen LogP contribution in [0.4, 0.5) is 13.2 Å². The lowest BCUT2D eigenvalue weighted by atomic mass is 9.98. The molecule has 0 bridgehead atoms. The van der Waals surface area contributed by atoms with E-state index in [1.54, 1.807) is 6.07 Å². The molecular formula is C24H24F3NO4. The quantitative estimate of drug-likeness (QED) is 0.567. The largest absolute Gasteiger partial charge is 0.507 e. The molecule has 5 nitrogen and oxygen atoms in total. The van der Waals surface area contributed by atoms with Gasteiger partial charge in [-0.15, -0.1) is 0 Å². The standard InChI is InChI=1S/C24H24F3NO4/c1-14-7-5-6-12-28(14)13-17-18(29)11-10-16-21(30)20(15-8-3-4-9-19(15)31-2)23(24(25,26)27)32-22(16)17/h3-4,8-11,14,29H,5-7,12-13H2,1-2H3/t14-/m0/s1. The van der Waals surface area contributed by atoms with Crippen LogP contribution < -0.4 is 10.2 Å². The molecule has 2 aromatic carbocycles. The van der Waals surface area contributed by atoms with Gasteiger partial charge in [0, 0.05) is 18.2 Å². The number of rotatable bonds is 4. The smallest absolute Gasteiger partial charge is 0.450 e. The normalized spacial score (nSPS) is 17.6. The van der Waals surface area contributed by atoms with E-state index in [4.69, 9.17) is 9.15 Å². The summed E-state index contributed by atoms with van der Waals surface area (Å²) in [6.07, 6.45) is -1.92. The summed E-state index contributed by atoms with van der Waals surface area (Å²) in [6, 6.07) is 8.86. The second-order valence-electron chi connectivity index (χ2n) is 8.09. The van der Waals surface area contributed by atoms with E-state index in [0.717, 1.165) is 25.8 Å². The van der Waals surface area contributed by atoms with Crippen molar-refractivity contribution in [3.63, 3.8) is 0 Å². The molecule has 1 N–H and O–H groups in total. The molecule has 32 heavy (non-hydrogen) atoms. The van der Waals surface area contributed by atoms with Crippen LogP contribution in [0.1, 0.15) is 37.5 Å². The fraction of sp³-hybridized carbons (Fsp3) is 0.375. The van der Waals surface area contributed by atoms with Gasteiger partial charge in [0.05, 0.1) is 23.6 Å². The van der Waals surface area contributed by atoms with Gasteiger partial charge in [0.15, 0.2) is 0 Å². The summed E-state index contributed by atoms with van der Waals surface area (Å²) < 4.78 is 52.9. The predicted octanol–water partition coefficient (Wildman–Crippen LogP) is 5.57. The number of likely N-dealkylation sites (tertiary alicyclic amines) is 1. The number of aromatic hydroxyl groups is 1. The SMILES string of the molecule is COc1ccccc1-c1c(C(F)(F)F)oc2c(CN3CCCC[C@@H]3C)c(O)ccc2c1=O. The minimum absolute atomic E-state index is 0.00254. The number of para-hydroxylation sites is 1. The van der Waals surface area contributed by atoms with Crippen LogP contribution in [0.2, 0.25) is 0 Å². The van der Waals surface area contributed by atoms with Crippen LogP contribution in [-0.2, 0) is 12.7 Å². The average molecular weight is 447 g/mol. The maximum atomic E-state index is 14.1. The highest BCUT2D eigenvalue weighted by Crippen LogP contribution is 2.41. The fourth-order valence-corrected chi connectivity index (χ4v) is 4.35. The van der Waals surface area contributed by atoms with E-state index in [9.17, 15) is 23.1 Å². The van der Waals surface area contributed by atoms with Crippen molar-refractivity contribution in [2.75, 3.05) is 13.7 Å². The minimum atomic E-state index is -4.93. The van der Waals surface area contributed by atoms with E-state index < -0.39 is 22.9 Å². The van der Waals surface area contributed by atoms with Gasteiger partial charge in [0.1, 0.15) is 17.1 Å². The lowest BCUT2D eigenvalue weighted by Gasteiger charge is -2.33. The first-order chi connectivity index (χ1) is 15.2. The molecule has 1 atom stereocenters. The van der Waals surface area contributed by atoms with Crippen molar-refractivity contribution in [1.29, 1.82) is 0 Å². The molecular weight excluding hydrogens is 423 g/mol. The summed E-state index contributed by atoms with van der Waals surface area (Å²) in [4.78, 5) is 15.5. The van der Waals surface area contributed by atoms with Crippen LogP contribution in [0.5, 0.6) is 11.5 Å². The number of hydrogen-bond donors (Lipinski definition) is 1. The van der Waals surface area contributed by atoms with Crippen LogP contribution in [0, 0.1) is 0 Å². The number of fused-ring (bicyclic) bond motifs is 1. The van der Waals surface area contributed by atoms with Crippen molar-refractivity contribution < 1.29 is 27.4 Å². The van der Waals surface area contributed by atoms with Crippen LogP contribution in [0.25, 0.3) is 22.1 Å². The number of methoxy groups -OCH3 is 1. The molecule has 2 heterocycles. The molecule has 170 valence electrons. The van der Waals surface area contributed by atoms with Crippen LogP contribution in [-0.4, -0.2) is 29.7 Å². The van der Waals surface area contributed by atoms with E-state index in [0.29, 0.717) is 0 Å². The Bertz CT molecular complexity index is 1200. The van der Waals surface area contributed by atoms with Crippen LogP contribution >= 0.6 is 0 Å². The van der Waals surface area contributed by atoms with Gasteiger partial charge in [-0.1, -0.05) is 24.6 Å². The van der Waals surface area contributed by atoms with E-state index in [-0.39, 0.29) is 46.2 Å². The number of benzene rings is 2. The second kappa shape index (κ2) is 8.50. The zero-order valence-electron chi connectivity index (χ0n) is 17.8. The molecule has 3 aromatic rings. The zero-order chi connectivity index (χ0) is 23.0. The third-order valence-corrected chi connectivity index (χ3v) is 6.07. The Morgan fingerprint density at radius 1 is 1.19 bits per heavy atom. The van der Waals surface area contributed by atoms with Crippen LogP contribution in [0.3, 0.4) is 0 Å². The van der Waals surface area contributed by atoms with Gasteiger partial charge < -0.3 is 14.3 Å². The Morgan fingerprint density at radius 3 is 2.62 bits per heavy atom. The maximum Gasteiger partial charge on any atom is 0.450 e. The number of phenolic OH excluding ortho intramolecular Hbond substituents is 1. The molecule has 1 aromatic heterocycles. The molecule has 1 aliphatic rings. The number of hydrogen-bond acceptors (Lipinski definition) is 5. The number of piperidine rings is 1. The lowest BCUT2D eigenvalue weighted by molar-refractivity contribution is -0.152. The Morgan fingerprint density at radius 2 is 1.94 bits per heavy atom. The molecule has 1 fully saturated rings. The van der Waals surface area contributed by atoms with Gasteiger partial charge in [-0.3, -0.25) is 9.69 Å². The van der Waals surface area contributed by atoms with E-state index in [1.165, 1.54) is 37.4 Å². The number of alkyl halides is 3. The lowest BCUT2D eigenvalue weighted by Crippen LogP contribution is -2.36. The van der Waals surface area contributed by atoms with Crippen molar-refractivity contribution in [2.45, 2.75) is 44.9 Å². The Hall–Kier alpha value is -3.00. The van der Waals surface area contributed by atoms with Gasteiger partial charge in [-0.05, 0) is 44.5 Å². The molecule has 1 saturated heterocycles. The second-order valence-corrected chi connectivity index (χ2v) is 8.09. The van der Waals surface area contributed by atoms with Crippen molar-refractivity contribution in [1.82, 2.24) is 4.90 Å². The van der Waals surface area contributed by atoms with Crippen molar-refractivity contribution in [3.8, 4) is 22.6 Å². The van der Waals surface area contributed by atoms with Gasteiger partial charge in [-0.2, -0.15) is 13.2 Å². The first-order valence-electron chi connectivity index (χ1n) is 10.5. The number of ether oxygens (including phenoxy) is 1.